The Bertz CT molecular complexity index is 427. The largest absolute Gasteiger partial charge is 0.383 e. The van der Waals surface area contributed by atoms with Gasteiger partial charge in [0.15, 0.2) is 0 Å². The molecule has 98 valence electrons. The summed E-state index contributed by atoms with van der Waals surface area (Å²) in [5.74, 6) is 1.65. The van der Waals surface area contributed by atoms with Crippen molar-refractivity contribution >= 4 is 11.6 Å². The van der Waals surface area contributed by atoms with Crippen LogP contribution in [0.3, 0.4) is 0 Å². The van der Waals surface area contributed by atoms with E-state index in [-0.39, 0.29) is 0 Å². The number of rotatable bonds is 1. The van der Waals surface area contributed by atoms with Crippen LogP contribution in [0.4, 0.5) is 11.6 Å². The van der Waals surface area contributed by atoms with Gasteiger partial charge in [0.05, 0.1) is 0 Å². The van der Waals surface area contributed by atoms with Crippen molar-refractivity contribution in [3.63, 3.8) is 0 Å². The van der Waals surface area contributed by atoms with E-state index in [0.717, 1.165) is 24.5 Å². The molecule has 4 heteroatoms. The first-order valence-electron chi connectivity index (χ1n) is 7.02. The molecule has 1 aromatic heterocycles. The normalized spacial score (nSPS) is 22.6. The lowest BCUT2D eigenvalue weighted by Gasteiger charge is -2.40. The first-order chi connectivity index (χ1) is 8.70. The maximum absolute atomic E-state index is 5.87. The fourth-order valence-electron chi connectivity index (χ4n) is 3.59. The third kappa shape index (κ3) is 1.93. The van der Waals surface area contributed by atoms with E-state index in [4.69, 9.17) is 5.73 Å². The molecule has 1 spiro atoms. The number of hydrogen-bond acceptors (Lipinski definition) is 4. The summed E-state index contributed by atoms with van der Waals surface area (Å²) in [4.78, 5) is 10.8. The second-order valence-corrected chi connectivity index (χ2v) is 5.90. The molecule has 1 aromatic rings. The first kappa shape index (κ1) is 11.8. The van der Waals surface area contributed by atoms with E-state index in [9.17, 15) is 0 Å². The minimum atomic E-state index is 0.612. The zero-order valence-corrected chi connectivity index (χ0v) is 11.2. The van der Waals surface area contributed by atoms with Crippen LogP contribution in [0.25, 0.3) is 0 Å². The highest BCUT2D eigenvalue weighted by atomic mass is 15.2. The Morgan fingerprint density at radius 3 is 2.44 bits per heavy atom. The smallest absolute Gasteiger partial charge is 0.137 e. The van der Waals surface area contributed by atoms with Crippen LogP contribution < -0.4 is 10.6 Å². The Morgan fingerprint density at radius 2 is 1.78 bits per heavy atom. The second kappa shape index (κ2) is 4.41. The molecule has 0 aromatic carbocycles. The van der Waals surface area contributed by atoms with Crippen LogP contribution in [0.2, 0.25) is 0 Å². The molecule has 0 unspecified atom stereocenters. The van der Waals surface area contributed by atoms with Crippen molar-refractivity contribution < 1.29 is 0 Å². The number of nitrogens with zero attached hydrogens (tertiary/aromatic N) is 3. The zero-order valence-electron chi connectivity index (χ0n) is 11.2. The lowest BCUT2D eigenvalue weighted by atomic mass is 9.77. The maximum Gasteiger partial charge on any atom is 0.137 e. The molecular formula is C14H22N4. The van der Waals surface area contributed by atoms with Crippen LogP contribution in [0, 0.1) is 12.3 Å². The third-order valence-corrected chi connectivity index (χ3v) is 4.88. The molecule has 1 aliphatic heterocycles. The topological polar surface area (TPSA) is 55.0 Å². The molecule has 1 aliphatic carbocycles. The van der Waals surface area contributed by atoms with Gasteiger partial charge in [-0.25, -0.2) is 9.97 Å². The molecule has 0 radical (unpaired) electrons. The van der Waals surface area contributed by atoms with E-state index in [1.165, 1.54) is 38.5 Å². The molecule has 0 atom stereocenters. The minimum Gasteiger partial charge on any atom is -0.383 e. The molecular weight excluding hydrogens is 224 g/mol. The van der Waals surface area contributed by atoms with Crippen molar-refractivity contribution in [1.29, 1.82) is 0 Å². The van der Waals surface area contributed by atoms with Gasteiger partial charge in [0.25, 0.3) is 0 Å². The second-order valence-electron chi connectivity index (χ2n) is 5.90. The zero-order chi connectivity index (χ0) is 12.6. The molecule has 1 saturated carbocycles. The maximum atomic E-state index is 5.87. The molecule has 2 N–H and O–H groups in total. The molecule has 2 fully saturated rings. The third-order valence-electron chi connectivity index (χ3n) is 4.88. The Hall–Kier alpha value is -1.32. The van der Waals surface area contributed by atoms with Crippen LogP contribution in [-0.4, -0.2) is 23.1 Å². The highest BCUT2D eigenvalue weighted by molar-refractivity contribution is 5.55. The predicted molar refractivity (Wildman–Crippen MR) is 73.5 cm³/mol. The summed E-state index contributed by atoms with van der Waals surface area (Å²) in [5, 5.41) is 0. The van der Waals surface area contributed by atoms with Gasteiger partial charge in [0, 0.05) is 18.7 Å². The van der Waals surface area contributed by atoms with Crippen LogP contribution >= 0.6 is 0 Å². The summed E-state index contributed by atoms with van der Waals surface area (Å²) in [6, 6.07) is 0. The van der Waals surface area contributed by atoms with Crippen LogP contribution in [0.1, 0.15) is 44.1 Å². The molecule has 2 heterocycles. The minimum absolute atomic E-state index is 0.612. The Labute approximate surface area is 109 Å². The van der Waals surface area contributed by atoms with Crippen molar-refractivity contribution in [3.8, 4) is 0 Å². The molecule has 18 heavy (non-hydrogen) atoms. The molecule has 0 bridgehead atoms. The average molecular weight is 246 g/mol. The first-order valence-corrected chi connectivity index (χ1v) is 7.02. The van der Waals surface area contributed by atoms with Gasteiger partial charge in [-0.2, -0.15) is 0 Å². The quantitative estimate of drug-likeness (QED) is 0.827. The lowest BCUT2D eigenvalue weighted by molar-refractivity contribution is 0.226. The van der Waals surface area contributed by atoms with E-state index in [0.29, 0.717) is 11.2 Å². The number of aromatic nitrogens is 2. The van der Waals surface area contributed by atoms with Gasteiger partial charge in [-0.15, -0.1) is 0 Å². The Balaban J connectivity index is 1.74. The number of anilines is 2. The highest BCUT2D eigenvalue weighted by Gasteiger charge is 2.37. The van der Waals surface area contributed by atoms with Crippen molar-refractivity contribution in [2.45, 2.75) is 45.4 Å². The van der Waals surface area contributed by atoms with Gasteiger partial charge >= 0.3 is 0 Å². The number of piperidine rings is 1. The molecule has 1 saturated heterocycles. The van der Waals surface area contributed by atoms with E-state index >= 15 is 0 Å². The van der Waals surface area contributed by atoms with Crippen LogP contribution in [-0.2, 0) is 0 Å². The summed E-state index contributed by atoms with van der Waals surface area (Å²) in [5.41, 5.74) is 7.55. The van der Waals surface area contributed by atoms with Crippen molar-refractivity contribution in [2.24, 2.45) is 5.41 Å². The van der Waals surface area contributed by atoms with E-state index < -0.39 is 0 Å². The van der Waals surface area contributed by atoms with Gasteiger partial charge in [0.1, 0.15) is 18.0 Å². The van der Waals surface area contributed by atoms with E-state index in [1.807, 2.05) is 6.92 Å². The van der Waals surface area contributed by atoms with Gasteiger partial charge in [-0.05, 0) is 38.0 Å². The molecule has 3 rings (SSSR count). The van der Waals surface area contributed by atoms with Crippen LogP contribution in [0.5, 0.6) is 0 Å². The van der Waals surface area contributed by atoms with Gasteiger partial charge in [-0.3, -0.25) is 0 Å². The molecule has 0 amide bonds. The highest BCUT2D eigenvalue weighted by Crippen LogP contribution is 2.46. The van der Waals surface area contributed by atoms with E-state index in [2.05, 4.69) is 14.9 Å². The molecule has 4 nitrogen and oxygen atoms in total. The fraction of sp³-hybridized carbons (Fsp3) is 0.714. The fourth-order valence-corrected chi connectivity index (χ4v) is 3.59. The lowest BCUT2D eigenvalue weighted by Crippen LogP contribution is -2.39. The number of nitrogens with two attached hydrogens (primary N) is 1. The number of hydrogen-bond donors (Lipinski definition) is 1. The summed E-state index contributed by atoms with van der Waals surface area (Å²) < 4.78 is 0. The Morgan fingerprint density at radius 1 is 1.11 bits per heavy atom. The van der Waals surface area contributed by atoms with E-state index in [1.54, 1.807) is 6.33 Å². The predicted octanol–water partition coefficient (Wildman–Crippen LogP) is 2.53. The van der Waals surface area contributed by atoms with Crippen molar-refractivity contribution in [1.82, 2.24) is 9.97 Å². The van der Waals surface area contributed by atoms with Crippen molar-refractivity contribution in [2.75, 3.05) is 23.7 Å². The summed E-state index contributed by atoms with van der Waals surface area (Å²) in [6.45, 7) is 4.26. The summed E-state index contributed by atoms with van der Waals surface area (Å²) >= 11 is 0. The monoisotopic (exact) mass is 246 g/mol. The van der Waals surface area contributed by atoms with Crippen molar-refractivity contribution in [3.05, 3.63) is 11.9 Å². The SMILES string of the molecule is Cc1c(N)ncnc1N1CCC2(CCCC2)CC1. The summed E-state index contributed by atoms with van der Waals surface area (Å²) in [7, 11) is 0. The Kier molecular flexibility index (Phi) is 2.88. The van der Waals surface area contributed by atoms with Crippen LogP contribution in [0.15, 0.2) is 6.33 Å². The summed E-state index contributed by atoms with van der Waals surface area (Å²) in [6.07, 6.45) is 9.95. The average Bonchev–Trinajstić information content (AvgIpc) is 2.83. The van der Waals surface area contributed by atoms with Gasteiger partial charge < -0.3 is 10.6 Å². The number of nitrogen functional groups attached to an aromatic ring is 1. The van der Waals surface area contributed by atoms with Gasteiger partial charge in [0.2, 0.25) is 0 Å². The molecule has 2 aliphatic rings. The van der Waals surface area contributed by atoms with Gasteiger partial charge in [-0.1, -0.05) is 12.8 Å². The standard InChI is InChI=1S/C14H22N4/c1-11-12(15)16-10-17-13(11)18-8-6-14(7-9-18)4-2-3-5-14/h10H,2-9H2,1H3,(H2,15,16,17).